The van der Waals surface area contributed by atoms with Crippen molar-refractivity contribution in [3.63, 3.8) is 0 Å². The lowest BCUT2D eigenvalue weighted by Crippen LogP contribution is -2.15. The first kappa shape index (κ1) is 18.0. The van der Waals surface area contributed by atoms with Crippen LogP contribution < -0.4 is 10.1 Å². The minimum absolute atomic E-state index is 0.177. The van der Waals surface area contributed by atoms with Crippen molar-refractivity contribution < 1.29 is 19.1 Å². The number of nitrogens with one attached hydrogen (secondary N) is 1. The molecule has 0 aliphatic rings. The number of carbonyl (C=O) groups excluding carboxylic acids is 2. The topological polar surface area (TPSA) is 64.6 Å². The Balaban J connectivity index is 1.81. The Morgan fingerprint density at radius 2 is 1.92 bits per heavy atom. The fraction of sp³-hybridized carbons (Fsp3) is 0.222. The van der Waals surface area contributed by atoms with Crippen LogP contribution in [-0.2, 0) is 9.53 Å². The number of hydrogen-bond donors (Lipinski definition) is 1. The average Bonchev–Trinajstić information content (AvgIpc) is 2.58. The Morgan fingerprint density at radius 1 is 1.12 bits per heavy atom. The highest BCUT2D eigenvalue weighted by Gasteiger charge is 2.13. The summed E-state index contributed by atoms with van der Waals surface area (Å²) in [6.45, 7) is 0.433. The van der Waals surface area contributed by atoms with E-state index in [4.69, 9.17) is 9.47 Å². The molecule has 2 rings (SSSR count). The van der Waals surface area contributed by atoms with Crippen molar-refractivity contribution >= 4 is 33.5 Å². The monoisotopic (exact) mass is 391 g/mol. The molecule has 0 spiro atoms. The van der Waals surface area contributed by atoms with Crippen molar-refractivity contribution in [2.45, 2.75) is 12.8 Å². The zero-order chi connectivity index (χ0) is 17.4. The highest BCUT2D eigenvalue weighted by Crippen LogP contribution is 2.18. The third kappa shape index (κ3) is 5.38. The Hall–Kier alpha value is -2.34. The molecule has 0 heterocycles. The predicted molar refractivity (Wildman–Crippen MR) is 95.3 cm³/mol. The average molecular weight is 392 g/mol. The fourth-order valence-electron chi connectivity index (χ4n) is 2.07. The van der Waals surface area contributed by atoms with Crippen LogP contribution in [0.3, 0.4) is 0 Å². The smallest absolute Gasteiger partial charge is 0.339 e. The Morgan fingerprint density at radius 3 is 2.67 bits per heavy atom. The molecule has 0 bridgehead atoms. The van der Waals surface area contributed by atoms with Gasteiger partial charge >= 0.3 is 5.97 Å². The number of amides is 1. The first-order valence-electron chi connectivity index (χ1n) is 7.45. The molecule has 0 fully saturated rings. The van der Waals surface area contributed by atoms with Crippen LogP contribution in [0.15, 0.2) is 53.0 Å². The van der Waals surface area contributed by atoms with Crippen LogP contribution in [0.5, 0.6) is 5.75 Å². The minimum atomic E-state index is -0.483. The van der Waals surface area contributed by atoms with Crippen molar-refractivity contribution in [1.29, 1.82) is 0 Å². The van der Waals surface area contributed by atoms with E-state index in [1.165, 1.54) is 7.11 Å². The fourth-order valence-corrected chi connectivity index (χ4v) is 2.45. The highest BCUT2D eigenvalue weighted by molar-refractivity contribution is 9.10. The van der Waals surface area contributed by atoms with Gasteiger partial charge in [0.2, 0.25) is 5.91 Å². The van der Waals surface area contributed by atoms with Crippen molar-refractivity contribution in [3.8, 4) is 5.75 Å². The van der Waals surface area contributed by atoms with Gasteiger partial charge in [-0.2, -0.15) is 0 Å². The molecule has 0 radical (unpaired) electrons. The number of para-hydroxylation sites is 1. The molecule has 0 aliphatic heterocycles. The van der Waals surface area contributed by atoms with E-state index < -0.39 is 5.97 Å². The van der Waals surface area contributed by atoms with E-state index in [0.717, 1.165) is 10.2 Å². The van der Waals surface area contributed by atoms with E-state index in [1.54, 1.807) is 24.3 Å². The van der Waals surface area contributed by atoms with Gasteiger partial charge in [-0.3, -0.25) is 4.79 Å². The van der Waals surface area contributed by atoms with Crippen molar-refractivity contribution in [2.75, 3.05) is 19.0 Å². The van der Waals surface area contributed by atoms with Gasteiger partial charge in [-0.1, -0.05) is 34.1 Å². The molecular formula is C18H18BrNO4. The number of ether oxygens (including phenoxy) is 2. The van der Waals surface area contributed by atoms with E-state index in [1.807, 2.05) is 24.3 Å². The molecule has 1 amide bonds. The zero-order valence-corrected chi connectivity index (χ0v) is 14.8. The Kier molecular flexibility index (Phi) is 6.81. The summed E-state index contributed by atoms with van der Waals surface area (Å²) in [7, 11) is 1.31. The maximum atomic E-state index is 12.0. The summed E-state index contributed by atoms with van der Waals surface area (Å²) in [6.07, 6.45) is 0.863. The summed E-state index contributed by atoms with van der Waals surface area (Å²) in [5.74, 6) is 0.0916. The second-order valence-corrected chi connectivity index (χ2v) is 5.91. The normalized spacial score (nSPS) is 10.1. The molecule has 0 saturated heterocycles. The maximum absolute atomic E-state index is 12.0. The molecule has 0 saturated carbocycles. The van der Waals surface area contributed by atoms with Crippen molar-refractivity contribution in [1.82, 2.24) is 0 Å². The van der Waals surface area contributed by atoms with Crippen LogP contribution in [0.25, 0.3) is 0 Å². The lowest BCUT2D eigenvalue weighted by molar-refractivity contribution is -0.116. The molecule has 5 nitrogen and oxygen atoms in total. The second kappa shape index (κ2) is 9.08. The SMILES string of the molecule is COC(=O)c1ccccc1NC(=O)CCCOc1cccc(Br)c1. The molecule has 126 valence electrons. The van der Waals surface area contributed by atoms with Gasteiger partial charge in [0.15, 0.2) is 0 Å². The third-order valence-corrected chi connectivity index (χ3v) is 3.71. The number of benzene rings is 2. The molecule has 0 aromatic heterocycles. The molecule has 0 unspecified atom stereocenters. The van der Waals surface area contributed by atoms with E-state index in [9.17, 15) is 9.59 Å². The molecule has 24 heavy (non-hydrogen) atoms. The van der Waals surface area contributed by atoms with Crippen LogP contribution in [0.1, 0.15) is 23.2 Å². The minimum Gasteiger partial charge on any atom is -0.494 e. The lowest BCUT2D eigenvalue weighted by Gasteiger charge is -2.10. The van der Waals surface area contributed by atoms with Crippen molar-refractivity contribution in [2.24, 2.45) is 0 Å². The van der Waals surface area contributed by atoms with Gasteiger partial charge in [-0.05, 0) is 36.8 Å². The summed E-state index contributed by atoms with van der Waals surface area (Å²) in [5.41, 5.74) is 0.779. The van der Waals surface area contributed by atoms with E-state index in [-0.39, 0.29) is 5.91 Å². The number of rotatable bonds is 7. The number of esters is 1. The van der Waals surface area contributed by atoms with Crippen LogP contribution in [0.4, 0.5) is 5.69 Å². The number of hydrogen-bond acceptors (Lipinski definition) is 4. The number of anilines is 1. The molecule has 2 aromatic rings. The number of methoxy groups -OCH3 is 1. The van der Waals surface area contributed by atoms with E-state index >= 15 is 0 Å². The molecule has 2 aromatic carbocycles. The Bertz CT molecular complexity index is 718. The van der Waals surface area contributed by atoms with Gasteiger partial charge in [0.05, 0.1) is 25.0 Å². The van der Waals surface area contributed by atoms with Crippen molar-refractivity contribution in [3.05, 3.63) is 58.6 Å². The molecule has 1 N–H and O–H groups in total. The number of halogens is 1. The summed E-state index contributed by atoms with van der Waals surface area (Å²) in [5, 5.41) is 2.73. The maximum Gasteiger partial charge on any atom is 0.339 e. The standard InChI is InChI=1S/C18H18BrNO4/c1-23-18(22)15-8-2-3-9-16(15)20-17(21)10-5-11-24-14-7-4-6-13(19)12-14/h2-4,6-9,12H,5,10-11H2,1H3,(H,20,21). The second-order valence-electron chi connectivity index (χ2n) is 4.99. The summed E-state index contributed by atoms with van der Waals surface area (Å²) in [6, 6.07) is 14.3. The van der Waals surface area contributed by atoms with Gasteiger partial charge in [0.25, 0.3) is 0 Å². The first-order chi connectivity index (χ1) is 11.6. The van der Waals surface area contributed by atoms with Gasteiger partial charge in [0, 0.05) is 10.9 Å². The molecule has 6 heteroatoms. The zero-order valence-electron chi connectivity index (χ0n) is 13.3. The molecular weight excluding hydrogens is 374 g/mol. The van der Waals surface area contributed by atoms with Crippen LogP contribution in [0.2, 0.25) is 0 Å². The van der Waals surface area contributed by atoms with Gasteiger partial charge < -0.3 is 14.8 Å². The summed E-state index contributed by atoms with van der Waals surface area (Å²) < 4.78 is 11.2. The van der Waals surface area contributed by atoms with E-state index in [2.05, 4.69) is 21.2 Å². The summed E-state index contributed by atoms with van der Waals surface area (Å²) in [4.78, 5) is 23.7. The van der Waals surface area contributed by atoms with Gasteiger partial charge in [-0.15, -0.1) is 0 Å². The summed E-state index contributed by atoms with van der Waals surface area (Å²) >= 11 is 3.37. The largest absolute Gasteiger partial charge is 0.494 e. The van der Waals surface area contributed by atoms with Gasteiger partial charge in [-0.25, -0.2) is 4.79 Å². The van der Waals surface area contributed by atoms with Crippen LogP contribution in [-0.4, -0.2) is 25.6 Å². The third-order valence-electron chi connectivity index (χ3n) is 3.22. The quantitative estimate of drug-likeness (QED) is 0.571. The van der Waals surface area contributed by atoms with E-state index in [0.29, 0.717) is 30.7 Å². The highest BCUT2D eigenvalue weighted by atomic mass is 79.9. The molecule has 0 aliphatic carbocycles. The number of carbonyl (C=O) groups is 2. The molecule has 0 atom stereocenters. The predicted octanol–water partition coefficient (Wildman–Crippen LogP) is 4.03. The first-order valence-corrected chi connectivity index (χ1v) is 8.25. The van der Waals surface area contributed by atoms with Gasteiger partial charge in [0.1, 0.15) is 5.75 Å². The van der Waals surface area contributed by atoms with Crippen LogP contribution >= 0.6 is 15.9 Å². The Labute approximate surface area is 149 Å². The lowest BCUT2D eigenvalue weighted by atomic mass is 10.1. The van der Waals surface area contributed by atoms with Crippen LogP contribution in [0, 0.1) is 0 Å².